The van der Waals surface area contributed by atoms with E-state index in [1.54, 1.807) is 6.33 Å². The van der Waals surface area contributed by atoms with Crippen LogP contribution >= 0.6 is 24.0 Å². The molecule has 0 bridgehead atoms. The fourth-order valence-electron chi connectivity index (χ4n) is 2.41. The highest BCUT2D eigenvalue weighted by molar-refractivity contribution is 14.0. The van der Waals surface area contributed by atoms with Crippen molar-refractivity contribution in [3.05, 3.63) is 12.2 Å². The second-order valence-corrected chi connectivity index (χ2v) is 5.69. The van der Waals surface area contributed by atoms with Crippen molar-refractivity contribution < 1.29 is 0 Å². The fourth-order valence-corrected chi connectivity index (χ4v) is 2.41. The van der Waals surface area contributed by atoms with Crippen molar-refractivity contribution in [3.63, 3.8) is 0 Å². The van der Waals surface area contributed by atoms with Crippen molar-refractivity contribution in [2.45, 2.75) is 71.9 Å². The largest absolute Gasteiger partial charge is 0.355 e. The minimum Gasteiger partial charge on any atom is -0.355 e. The molecule has 7 heteroatoms. The third-order valence-corrected chi connectivity index (χ3v) is 3.75. The summed E-state index contributed by atoms with van der Waals surface area (Å²) >= 11 is 0. The number of halogens is 1. The van der Waals surface area contributed by atoms with Crippen LogP contribution in [0.3, 0.4) is 0 Å². The first-order chi connectivity index (χ1) is 10.7. The molecule has 2 N–H and O–H groups in total. The molecule has 0 amide bonds. The summed E-state index contributed by atoms with van der Waals surface area (Å²) in [5.41, 5.74) is 0. The van der Waals surface area contributed by atoms with Crippen LogP contribution in [0.1, 0.15) is 58.7 Å². The molecule has 1 rings (SSSR count). The summed E-state index contributed by atoms with van der Waals surface area (Å²) in [6, 6.07) is 0.448. The third kappa shape index (κ3) is 9.12. The lowest BCUT2D eigenvalue weighted by Crippen LogP contribution is -2.43. The maximum atomic E-state index is 4.29. The molecule has 0 aliphatic rings. The molecule has 0 aliphatic carbocycles. The van der Waals surface area contributed by atoms with Crippen molar-refractivity contribution in [2.24, 2.45) is 4.99 Å². The highest BCUT2D eigenvalue weighted by Crippen LogP contribution is 2.05. The van der Waals surface area contributed by atoms with Gasteiger partial charge in [0.05, 0.1) is 0 Å². The highest BCUT2D eigenvalue weighted by atomic mass is 127. The number of unbranched alkanes of at least 4 members (excludes halogenated alkanes) is 3. The van der Waals surface area contributed by atoms with Gasteiger partial charge in [-0.2, -0.15) is 0 Å². The molecule has 0 aliphatic heterocycles. The first kappa shape index (κ1) is 22.1. The highest BCUT2D eigenvalue weighted by Gasteiger charge is 2.05. The molecule has 0 saturated carbocycles. The van der Waals surface area contributed by atoms with Gasteiger partial charge in [0.2, 0.25) is 0 Å². The van der Waals surface area contributed by atoms with Crippen LogP contribution in [0.2, 0.25) is 0 Å². The minimum atomic E-state index is 0. The van der Waals surface area contributed by atoms with Gasteiger partial charge in [0.25, 0.3) is 0 Å². The number of aromatic nitrogens is 3. The van der Waals surface area contributed by atoms with Crippen molar-refractivity contribution in [1.82, 2.24) is 25.4 Å². The molecule has 0 fully saturated rings. The Kier molecular flexibility index (Phi) is 13.1. The Hall–Kier alpha value is -0.860. The average molecular weight is 436 g/mol. The zero-order chi connectivity index (χ0) is 16.2. The molecule has 1 heterocycles. The van der Waals surface area contributed by atoms with E-state index in [0.717, 1.165) is 31.3 Å². The van der Waals surface area contributed by atoms with Crippen molar-refractivity contribution in [1.29, 1.82) is 0 Å². The molecule has 1 unspecified atom stereocenters. The number of hydrogen-bond donors (Lipinski definition) is 2. The van der Waals surface area contributed by atoms with Crippen LogP contribution in [0.5, 0.6) is 0 Å². The number of aryl methyl sites for hydroxylation is 1. The molecule has 23 heavy (non-hydrogen) atoms. The van der Waals surface area contributed by atoms with Crippen LogP contribution in [-0.2, 0) is 13.0 Å². The van der Waals surface area contributed by atoms with E-state index in [1.807, 2.05) is 7.05 Å². The van der Waals surface area contributed by atoms with Crippen molar-refractivity contribution in [3.8, 4) is 0 Å². The Morgan fingerprint density at radius 1 is 1.30 bits per heavy atom. The molecule has 1 aromatic rings. The predicted molar refractivity (Wildman–Crippen MR) is 108 cm³/mol. The number of hydrogen-bond acceptors (Lipinski definition) is 3. The normalized spacial score (nSPS) is 12.6. The van der Waals surface area contributed by atoms with Gasteiger partial charge < -0.3 is 15.2 Å². The molecule has 134 valence electrons. The van der Waals surface area contributed by atoms with E-state index < -0.39 is 0 Å². The van der Waals surface area contributed by atoms with Gasteiger partial charge in [-0.15, -0.1) is 34.2 Å². The Morgan fingerprint density at radius 3 is 2.74 bits per heavy atom. The molecule has 1 aromatic heterocycles. The first-order valence-corrected chi connectivity index (χ1v) is 8.55. The van der Waals surface area contributed by atoms with Gasteiger partial charge in [0.1, 0.15) is 12.2 Å². The van der Waals surface area contributed by atoms with E-state index in [2.05, 4.69) is 51.2 Å². The zero-order valence-corrected chi connectivity index (χ0v) is 17.3. The monoisotopic (exact) mass is 436 g/mol. The number of nitrogens with one attached hydrogen (secondary N) is 2. The molecule has 0 saturated heterocycles. The summed E-state index contributed by atoms with van der Waals surface area (Å²) in [4.78, 5) is 4.29. The van der Waals surface area contributed by atoms with Gasteiger partial charge in [0, 0.05) is 32.6 Å². The minimum absolute atomic E-state index is 0. The van der Waals surface area contributed by atoms with Gasteiger partial charge in [-0.1, -0.05) is 39.5 Å². The van der Waals surface area contributed by atoms with Gasteiger partial charge in [-0.05, 0) is 13.3 Å². The second kappa shape index (κ2) is 13.6. The van der Waals surface area contributed by atoms with Crippen LogP contribution in [0.15, 0.2) is 11.3 Å². The lowest BCUT2D eigenvalue weighted by atomic mass is 10.1. The van der Waals surface area contributed by atoms with E-state index in [4.69, 9.17) is 0 Å². The van der Waals surface area contributed by atoms with Gasteiger partial charge in [-0.25, -0.2) is 0 Å². The smallest absolute Gasteiger partial charge is 0.191 e. The molecular weight excluding hydrogens is 403 g/mol. The van der Waals surface area contributed by atoms with Crippen molar-refractivity contribution in [2.75, 3.05) is 13.6 Å². The van der Waals surface area contributed by atoms with E-state index in [0.29, 0.717) is 6.04 Å². The summed E-state index contributed by atoms with van der Waals surface area (Å²) in [5.74, 6) is 1.89. The summed E-state index contributed by atoms with van der Waals surface area (Å²) < 4.78 is 2.08. The van der Waals surface area contributed by atoms with Crippen LogP contribution in [0, 0.1) is 0 Å². The SMILES string of the molecule is CCCCCCC(C)NC(=NC)NCCn1cnnc1CC.I. The van der Waals surface area contributed by atoms with Crippen LogP contribution in [0.25, 0.3) is 0 Å². The fraction of sp³-hybridized carbons (Fsp3) is 0.812. The number of guanidine groups is 1. The van der Waals surface area contributed by atoms with E-state index in [-0.39, 0.29) is 24.0 Å². The maximum absolute atomic E-state index is 4.29. The summed E-state index contributed by atoms with van der Waals surface area (Å²) in [6.07, 6.45) is 9.09. The van der Waals surface area contributed by atoms with E-state index in [1.165, 1.54) is 32.1 Å². The van der Waals surface area contributed by atoms with Crippen LogP contribution < -0.4 is 10.6 Å². The zero-order valence-electron chi connectivity index (χ0n) is 15.0. The third-order valence-electron chi connectivity index (χ3n) is 3.75. The van der Waals surface area contributed by atoms with Crippen LogP contribution in [-0.4, -0.2) is 40.4 Å². The Bertz CT molecular complexity index is 432. The standard InChI is InChI=1S/C16H32N6.HI/c1-5-7-8-9-10-14(3)20-16(17-4)18-11-12-22-13-19-21-15(22)6-2;/h13-14H,5-12H2,1-4H3,(H2,17,18,20);1H. The van der Waals surface area contributed by atoms with E-state index in [9.17, 15) is 0 Å². The molecule has 1 atom stereocenters. The van der Waals surface area contributed by atoms with Gasteiger partial charge >= 0.3 is 0 Å². The lowest BCUT2D eigenvalue weighted by molar-refractivity contribution is 0.534. The second-order valence-electron chi connectivity index (χ2n) is 5.69. The number of nitrogens with zero attached hydrogens (tertiary/aromatic N) is 4. The average Bonchev–Trinajstić information content (AvgIpc) is 2.98. The number of aliphatic imine (C=N–C) groups is 1. The predicted octanol–water partition coefficient (Wildman–Crippen LogP) is 2.98. The summed E-state index contributed by atoms with van der Waals surface area (Å²) in [6.45, 7) is 8.21. The lowest BCUT2D eigenvalue weighted by Gasteiger charge is -2.18. The first-order valence-electron chi connectivity index (χ1n) is 8.55. The number of rotatable bonds is 10. The molecular formula is C16H33IN6. The Labute approximate surface area is 158 Å². The quantitative estimate of drug-likeness (QED) is 0.256. The summed E-state index contributed by atoms with van der Waals surface area (Å²) in [5, 5.41) is 14.8. The van der Waals surface area contributed by atoms with E-state index >= 15 is 0 Å². The molecule has 0 aromatic carbocycles. The maximum Gasteiger partial charge on any atom is 0.191 e. The Morgan fingerprint density at radius 2 is 2.09 bits per heavy atom. The van der Waals surface area contributed by atoms with Gasteiger partial charge in [0.15, 0.2) is 5.96 Å². The molecule has 6 nitrogen and oxygen atoms in total. The molecule has 0 spiro atoms. The van der Waals surface area contributed by atoms with Gasteiger partial charge in [-0.3, -0.25) is 4.99 Å². The Balaban J connectivity index is 0.00000484. The topological polar surface area (TPSA) is 67.1 Å². The van der Waals surface area contributed by atoms with Crippen LogP contribution in [0.4, 0.5) is 0 Å². The molecule has 0 radical (unpaired) electrons. The van der Waals surface area contributed by atoms with Crippen molar-refractivity contribution >= 4 is 29.9 Å². The summed E-state index contributed by atoms with van der Waals surface area (Å²) in [7, 11) is 1.81.